The van der Waals surface area contributed by atoms with Crippen molar-refractivity contribution in [3.8, 4) is 11.5 Å². The van der Waals surface area contributed by atoms with Crippen LogP contribution >= 0.6 is 11.6 Å². The van der Waals surface area contributed by atoms with E-state index in [-0.39, 0.29) is 12.5 Å². The number of benzene rings is 2. The molecule has 0 radical (unpaired) electrons. The maximum atomic E-state index is 12.3. The molecule has 0 aromatic heterocycles. The monoisotopic (exact) mass is 377 g/mol. The Bertz CT molecular complexity index is 798. The van der Waals surface area contributed by atoms with E-state index < -0.39 is 11.9 Å². The topological polar surface area (TPSA) is 103 Å². The molecular weight excluding hydrogens is 358 g/mol. The molecule has 7 nitrogen and oxygen atoms in total. The summed E-state index contributed by atoms with van der Waals surface area (Å²) in [6.07, 6.45) is 0. The summed E-state index contributed by atoms with van der Waals surface area (Å²) in [6.45, 7) is 1.44. The highest BCUT2D eigenvalue weighted by Gasteiger charge is 2.15. The Kier molecular flexibility index (Phi) is 6.68. The lowest BCUT2D eigenvalue weighted by Gasteiger charge is -2.17. The van der Waals surface area contributed by atoms with E-state index in [1.807, 2.05) is 0 Å². The Morgan fingerprint density at radius 3 is 2.58 bits per heavy atom. The van der Waals surface area contributed by atoms with Gasteiger partial charge in [0.25, 0.3) is 5.91 Å². The van der Waals surface area contributed by atoms with Crippen LogP contribution in [-0.2, 0) is 9.59 Å². The van der Waals surface area contributed by atoms with Crippen molar-refractivity contribution in [3.63, 3.8) is 0 Å². The molecular formula is C18H20ClN3O4. The van der Waals surface area contributed by atoms with E-state index in [2.05, 4.69) is 10.6 Å². The standard InChI is InChI=1S/C18H20ClN3O4/c1-11(18(24)22-13-5-3-4-12(19)8-13)21-14-6-7-15(25-2)16(9-14)26-10-17(20)23/h3-9,11,21H,10H2,1-2H3,(H2,20,23)(H,22,24). The summed E-state index contributed by atoms with van der Waals surface area (Å²) in [5, 5.41) is 6.37. The van der Waals surface area contributed by atoms with E-state index >= 15 is 0 Å². The van der Waals surface area contributed by atoms with Crippen molar-refractivity contribution in [1.29, 1.82) is 0 Å². The van der Waals surface area contributed by atoms with Gasteiger partial charge >= 0.3 is 0 Å². The molecule has 2 aromatic rings. The molecule has 0 spiro atoms. The van der Waals surface area contributed by atoms with Gasteiger partial charge in [0, 0.05) is 22.5 Å². The fourth-order valence-electron chi connectivity index (χ4n) is 2.16. The van der Waals surface area contributed by atoms with Crippen molar-refractivity contribution >= 4 is 34.8 Å². The van der Waals surface area contributed by atoms with Crippen LogP contribution < -0.4 is 25.8 Å². The lowest BCUT2D eigenvalue weighted by Crippen LogP contribution is -2.31. The van der Waals surface area contributed by atoms with E-state index in [0.717, 1.165) is 0 Å². The number of carbonyl (C=O) groups is 2. The van der Waals surface area contributed by atoms with Crippen LogP contribution in [0.3, 0.4) is 0 Å². The molecule has 0 aliphatic rings. The summed E-state index contributed by atoms with van der Waals surface area (Å²) in [6, 6.07) is 11.4. The molecule has 2 amide bonds. The second-order valence-electron chi connectivity index (χ2n) is 5.49. The number of nitrogens with two attached hydrogens (primary N) is 1. The third-order valence-electron chi connectivity index (χ3n) is 3.40. The van der Waals surface area contributed by atoms with Gasteiger partial charge in [-0.25, -0.2) is 0 Å². The molecule has 0 aliphatic heterocycles. The minimum absolute atomic E-state index is 0.234. The number of halogens is 1. The van der Waals surface area contributed by atoms with Gasteiger partial charge in [-0.15, -0.1) is 0 Å². The van der Waals surface area contributed by atoms with Crippen LogP contribution in [-0.4, -0.2) is 31.6 Å². The van der Waals surface area contributed by atoms with Crippen LogP contribution in [0.4, 0.5) is 11.4 Å². The summed E-state index contributed by atoms with van der Waals surface area (Å²) in [5.74, 6) is -0.0334. The number of amides is 2. The zero-order valence-electron chi connectivity index (χ0n) is 14.4. The molecule has 0 aliphatic carbocycles. The lowest BCUT2D eigenvalue weighted by molar-refractivity contribution is -0.120. The van der Waals surface area contributed by atoms with Gasteiger partial charge in [-0.1, -0.05) is 17.7 Å². The van der Waals surface area contributed by atoms with Gasteiger partial charge in [0.2, 0.25) is 5.91 Å². The second-order valence-corrected chi connectivity index (χ2v) is 5.92. The number of ether oxygens (including phenoxy) is 2. The van der Waals surface area contributed by atoms with Crippen molar-refractivity contribution < 1.29 is 19.1 Å². The molecule has 0 bridgehead atoms. The van der Waals surface area contributed by atoms with Gasteiger partial charge in [0.15, 0.2) is 18.1 Å². The number of carbonyl (C=O) groups excluding carboxylic acids is 2. The molecule has 0 fully saturated rings. The van der Waals surface area contributed by atoms with Gasteiger partial charge in [0.05, 0.1) is 7.11 Å². The fourth-order valence-corrected chi connectivity index (χ4v) is 2.35. The second kappa shape index (κ2) is 8.96. The van der Waals surface area contributed by atoms with Crippen molar-refractivity contribution in [2.75, 3.05) is 24.4 Å². The van der Waals surface area contributed by atoms with Crippen LogP contribution in [0, 0.1) is 0 Å². The van der Waals surface area contributed by atoms with Crippen molar-refractivity contribution in [2.45, 2.75) is 13.0 Å². The van der Waals surface area contributed by atoms with Crippen LogP contribution in [0.25, 0.3) is 0 Å². The van der Waals surface area contributed by atoms with Crippen molar-refractivity contribution in [3.05, 3.63) is 47.5 Å². The largest absolute Gasteiger partial charge is 0.493 e. The number of nitrogens with one attached hydrogen (secondary N) is 2. The predicted molar refractivity (Wildman–Crippen MR) is 101 cm³/mol. The highest BCUT2D eigenvalue weighted by molar-refractivity contribution is 6.30. The molecule has 138 valence electrons. The number of hydrogen-bond donors (Lipinski definition) is 3. The molecule has 4 N–H and O–H groups in total. The summed E-state index contributed by atoms with van der Waals surface area (Å²) in [4.78, 5) is 23.2. The summed E-state index contributed by atoms with van der Waals surface area (Å²) in [5.41, 5.74) is 6.32. The van der Waals surface area contributed by atoms with Crippen LogP contribution in [0.1, 0.15) is 6.92 Å². The molecule has 0 saturated heterocycles. The third-order valence-corrected chi connectivity index (χ3v) is 3.64. The number of hydrogen-bond acceptors (Lipinski definition) is 5. The van der Waals surface area contributed by atoms with Crippen LogP contribution in [0.15, 0.2) is 42.5 Å². The van der Waals surface area contributed by atoms with Gasteiger partial charge in [0.1, 0.15) is 6.04 Å². The third kappa shape index (κ3) is 5.56. The van der Waals surface area contributed by atoms with E-state index in [0.29, 0.717) is 27.9 Å². The van der Waals surface area contributed by atoms with Gasteiger partial charge < -0.3 is 25.8 Å². The lowest BCUT2D eigenvalue weighted by atomic mass is 10.2. The van der Waals surface area contributed by atoms with Crippen molar-refractivity contribution in [1.82, 2.24) is 0 Å². The van der Waals surface area contributed by atoms with E-state index in [4.69, 9.17) is 26.8 Å². The zero-order chi connectivity index (χ0) is 19.1. The number of primary amides is 1. The molecule has 26 heavy (non-hydrogen) atoms. The quantitative estimate of drug-likeness (QED) is 0.656. The van der Waals surface area contributed by atoms with Crippen LogP contribution in [0.2, 0.25) is 5.02 Å². The number of rotatable bonds is 8. The number of anilines is 2. The Hall–Kier alpha value is -2.93. The maximum Gasteiger partial charge on any atom is 0.255 e. The zero-order valence-corrected chi connectivity index (χ0v) is 15.2. The van der Waals surface area contributed by atoms with E-state index in [1.165, 1.54) is 7.11 Å². The summed E-state index contributed by atoms with van der Waals surface area (Å²) >= 11 is 5.91. The van der Waals surface area contributed by atoms with E-state index in [1.54, 1.807) is 49.4 Å². The first-order valence-electron chi connectivity index (χ1n) is 7.81. The number of methoxy groups -OCH3 is 1. The Morgan fingerprint density at radius 2 is 1.92 bits per heavy atom. The minimum Gasteiger partial charge on any atom is -0.493 e. The predicted octanol–water partition coefficient (Wildman–Crippen LogP) is 2.65. The SMILES string of the molecule is COc1ccc(NC(C)C(=O)Nc2cccc(Cl)c2)cc1OCC(N)=O. The highest BCUT2D eigenvalue weighted by Crippen LogP contribution is 2.30. The van der Waals surface area contributed by atoms with Gasteiger partial charge in [-0.05, 0) is 37.3 Å². The highest BCUT2D eigenvalue weighted by atomic mass is 35.5. The van der Waals surface area contributed by atoms with E-state index in [9.17, 15) is 9.59 Å². The first-order chi connectivity index (χ1) is 12.4. The minimum atomic E-state index is -0.598. The molecule has 8 heteroatoms. The first-order valence-corrected chi connectivity index (χ1v) is 8.19. The van der Waals surface area contributed by atoms with Crippen LogP contribution in [0.5, 0.6) is 11.5 Å². The summed E-state index contributed by atoms with van der Waals surface area (Å²) < 4.78 is 10.5. The van der Waals surface area contributed by atoms with Crippen molar-refractivity contribution in [2.24, 2.45) is 5.73 Å². The maximum absolute atomic E-state index is 12.3. The summed E-state index contributed by atoms with van der Waals surface area (Å²) in [7, 11) is 1.49. The molecule has 2 rings (SSSR count). The molecule has 1 unspecified atom stereocenters. The average molecular weight is 378 g/mol. The van der Waals surface area contributed by atoms with Gasteiger partial charge in [-0.2, -0.15) is 0 Å². The fraction of sp³-hybridized carbons (Fsp3) is 0.222. The van der Waals surface area contributed by atoms with Gasteiger partial charge in [-0.3, -0.25) is 9.59 Å². The Morgan fingerprint density at radius 1 is 1.15 bits per heavy atom. The first kappa shape index (κ1) is 19.4. The molecule has 1 atom stereocenters. The Balaban J connectivity index is 2.05. The molecule has 0 saturated carbocycles. The normalized spacial score (nSPS) is 11.3. The average Bonchev–Trinajstić information content (AvgIpc) is 2.60. The molecule has 0 heterocycles. The smallest absolute Gasteiger partial charge is 0.255 e. The molecule has 2 aromatic carbocycles. The Labute approximate surface area is 156 Å².